The fourth-order valence-corrected chi connectivity index (χ4v) is 8.03. The van der Waals surface area contributed by atoms with Crippen molar-refractivity contribution in [2.45, 2.75) is 0 Å². The molecular formula is C41H24N2O2S. The molecule has 0 radical (unpaired) electrons. The van der Waals surface area contributed by atoms with Crippen LogP contribution >= 0.6 is 11.3 Å². The van der Waals surface area contributed by atoms with E-state index >= 15 is 0 Å². The Morgan fingerprint density at radius 3 is 2.09 bits per heavy atom. The maximum Gasteiger partial charge on any atom is 0.153 e. The molecule has 0 atom stereocenters. The van der Waals surface area contributed by atoms with Crippen molar-refractivity contribution in [3.05, 3.63) is 146 Å². The van der Waals surface area contributed by atoms with E-state index in [1.165, 1.54) is 20.2 Å². The van der Waals surface area contributed by atoms with Crippen molar-refractivity contribution in [3.8, 4) is 11.1 Å². The number of rotatable bonds is 4. The topological polar surface area (TPSA) is 42.4 Å². The highest BCUT2D eigenvalue weighted by Gasteiger charge is 2.22. The van der Waals surface area contributed by atoms with Crippen LogP contribution in [-0.4, -0.2) is 4.98 Å². The Morgan fingerprint density at radius 2 is 1.17 bits per heavy atom. The third-order valence-electron chi connectivity index (χ3n) is 8.98. The number of nitrogens with zero attached hydrogens (tertiary/aromatic N) is 2. The van der Waals surface area contributed by atoms with Crippen molar-refractivity contribution in [2.24, 2.45) is 0 Å². The molecule has 0 spiro atoms. The fourth-order valence-electron chi connectivity index (χ4n) is 6.91. The Labute approximate surface area is 267 Å². The monoisotopic (exact) mass is 608 g/mol. The van der Waals surface area contributed by atoms with Crippen LogP contribution in [0.1, 0.15) is 0 Å². The number of fused-ring (bicyclic) bond motifs is 9. The molecule has 4 aromatic heterocycles. The number of anilines is 3. The third-order valence-corrected chi connectivity index (χ3v) is 10.1. The average molecular weight is 609 g/mol. The van der Waals surface area contributed by atoms with Gasteiger partial charge in [-0.2, -0.15) is 0 Å². The van der Waals surface area contributed by atoms with Gasteiger partial charge in [-0.25, -0.2) is 0 Å². The maximum absolute atomic E-state index is 6.35. The Hall–Kier alpha value is -5.91. The van der Waals surface area contributed by atoms with Gasteiger partial charge in [-0.3, -0.25) is 4.98 Å². The van der Waals surface area contributed by atoms with Gasteiger partial charge in [0.1, 0.15) is 16.7 Å². The lowest BCUT2D eigenvalue weighted by atomic mass is 10.0. The van der Waals surface area contributed by atoms with E-state index in [0.717, 1.165) is 72.1 Å². The summed E-state index contributed by atoms with van der Waals surface area (Å²) >= 11 is 1.84. The second-order valence-corrected chi connectivity index (χ2v) is 12.6. The Kier molecular flexibility index (Phi) is 5.41. The summed E-state index contributed by atoms with van der Waals surface area (Å²) < 4.78 is 15.0. The summed E-state index contributed by atoms with van der Waals surface area (Å²) in [6.45, 7) is 0. The van der Waals surface area contributed by atoms with Crippen LogP contribution < -0.4 is 4.90 Å². The lowest BCUT2D eigenvalue weighted by Crippen LogP contribution is -2.10. The lowest BCUT2D eigenvalue weighted by molar-refractivity contribution is 0.667. The van der Waals surface area contributed by atoms with Crippen LogP contribution in [-0.2, 0) is 0 Å². The zero-order valence-electron chi connectivity index (χ0n) is 24.5. The van der Waals surface area contributed by atoms with E-state index in [4.69, 9.17) is 8.83 Å². The molecule has 4 nitrogen and oxygen atoms in total. The van der Waals surface area contributed by atoms with Gasteiger partial charge in [0.25, 0.3) is 0 Å². The SMILES string of the molecule is c1ccc2c(c1)oc1cccc(N(c3ccc(-c4ccc5c(c4)oc4cnccc45)cc3)c3cccc4sc5ccccc5c34)c12. The molecule has 10 rings (SSSR count). The minimum atomic E-state index is 0.803. The van der Waals surface area contributed by atoms with E-state index in [1.54, 1.807) is 6.20 Å². The summed E-state index contributed by atoms with van der Waals surface area (Å²) in [5.74, 6) is 0. The van der Waals surface area contributed by atoms with Crippen LogP contribution in [0, 0.1) is 0 Å². The fraction of sp³-hybridized carbons (Fsp3) is 0. The van der Waals surface area contributed by atoms with Crippen molar-refractivity contribution in [3.63, 3.8) is 0 Å². The number of thiophene rings is 1. The Bertz CT molecular complexity index is 2660. The number of hydrogen-bond acceptors (Lipinski definition) is 5. The van der Waals surface area contributed by atoms with Gasteiger partial charge in [-0.05, 0) is 77.9 Å². The molecule has 6 aromatic carbocycles. The standard InChI is InChI=1S/C41H24N2O2S/c1-3-11-34-30(7-1)40-32(9-5-12-35(40)44-34)43(33-10-6-14-39-41(33)31-8-2-4-13-38(31)46-39)27-18-15-25(16-19-27)26-17-20-28-29-21-22-42-24-37(29)45-36(28)23-26/h1-24H. The molecule has 0 unspecified atom stereocenters. The number of aromatic nitrogens is 1. The highest BCUT2D eigenvalue weighted by atomic mass is 32.1. The van der Waals surface area contributed by atoms with Crippen molar-refractivity contribution < 1.29 is 8.83 Å². The van der Waals surface area contributed by atoms with E-state index in [1.807, 2.05) is 35.7 Å². The van der Waals surface area contributed by atoms with Crippen LogP contribution in [0.15, 0.2) is 155 Å². The van der Waals surface area contributed by atoms with E-state index in [0.29, 0.717) is 0 Å². The zero-order chi connectivity index (χ0) is 30.2. The third kappa shape index (κ3) is 3.76. The van der Waals surface area contributed by atoms with Gasteiger partial charge in [-0.1, -0.05) is 66.7 Å². The Morgan fingerprint density at radius 1 is 0.478 bits per heavy atom. The van der Waals surface area contributed by atoms with Gasteiger partial charge < -0.3 is 13.7 Å². The number of benzene rings is 6. The average Bonchev–Trinajstić information content (AvgIpc) is 3.80. The van der Waals surface area contributed by atoms with Gasteiger partial charge in [0.05, 0.1) is 23.0 Å². The molecule has 0 saturated carbocycles. The molecule has 0 N–H and O–H groups in total. The first-order valence-corrected chi connectivity index (χ1v) is 16.1. The van der Waals surface area contributed by atoms with Gasteiger partial charge >= 0.3 is 0 Å². The highest BCUT2D eigenvalue weighted by Crippen LogP contribution is 2.48. The second kappa shape index (κ2) is 9.80. The second-order valence-electron chi connectivity index (χ2n) is 11.6. The van der Waals surface area contributed by atoms with Crippen LogP contribution in [0.3, 0.4) is 0 Å². The molecule has 0 bridgehead atoms. The molecule has 0 aliphatic rings. The molecule has 216 valence electrons. The minimum absolute atomic E-state index is 0.803. The van der Waals surface area contributed by atoms with Gasteiger partial charge in [-0.15, -0.1) is 11.3 Å². The van der Waals surface area contributed by atoms with Crippen molar-refractivity contribution in [2.75, 3.05) is 4.90 Å². The molecule has 0 fully saturated rings. The highest BCUT2D eigenvalue weighted by molar-refractivity contribution is 7.26. The van der Waals surface area contributed by atoms with Crippen molar-refractivity contribution >= 4 is 92.4 Å². The first-order chi connectivity index (χ1) is 22.8. The summed E-state index contributed by atoms with van der Waals surface area (Å²) in [7, 11) is 0. The van der Waals surface area contributed by atoms with E-state index in [9.17, 15) is 0 Å². The molecule has 0 saturated heterocycles. The number of furan rings is 2. The molecule has 0 amide bonds. The van der Waals surface area contributed by atoms with Crippen LogP contribution in [0.4, 0.5) is 17.1 Å². The van der Waals surface area contributed by atoms with Crippen molar-refractivity contribution in [1.29, 1.82) is 0 Å². The normalized spacial score (nSPS) is 11.9. The summed E-state index contributed by atoms with van der Waals surface area (Å²) in [6.07, 6.45) is 3.58. The quantitative estimate of drug-likeness (QED) is 0.199. The summed E-state index contributed by atoms with van der Waals surface area (Å²) in [5, 5.41) is 6.90. The number of para-hydroxylation sites is 1. The van der Waals surface area contributed by atoms with Gasteiger partial charge in [0, 0.05) is 48.2 Å². The maximum atomic E-state index is 6.35. The summed E-state index contributed by atoms with van der Waals surface area (Å²) in [6, 6.07) is 47.2. The first-order valence-electron chi connectivity index (χ1n) is 15.3. The molecular weight excluding hydrogens is 585 g/mol. The van der Waals surface area contributed by atoms with Crippen LogP contribution in [0.5, 0.6) is 0 Å². The van der Waals surface area contributed by atoms with E-state index < -0.39 is 0 Å². The molecule has 0 aliphatic carbocycles. The largest absolute Gasteiger partial charge is 0.456 e. The Balaban J connectivity index is 1.19. The molecule has 46 heavy (non-hydrogen) atoms. The lowest BCUT2D eigenvalue weighted by Gasteiger charge is -2.27. The predicted molar refractivity (Wildman–Crippen MR) is 192 cm³/mol. The van der Waals surface area contributed by atoms with Crippen molar-refractivity contribution in [1.82, 2.24) is 4.98 Å². The molecule has 4 heterocycles. The summed E-state index contributed by atoms with van der Waals surface area (Å²) in [4.78, 5) is 6.62. The van der Waals surface area contributed by atoms with E-state index in [2.05, 4.69) is 125 Å². The molecule has 10 aromatic rings. The first kappa shape index (κ1) is 25.4. The van der Waals surface area contributed by atoms with E-state index in [-0.39, 0.29) is 0 Å². The molecule has 0 aliphatic heterocycles. The number of hydrogen-bond donors (Lipinski definition) is 0. The van der Waals surface area contributed by atoms with Gasteiger partial charge in [0.15, 0.2) is 5.58 Å². The van der Waals surface area contributed by atoms with Crippen LogP contribution in [0.2, 0.25) is 0 Å². The predicted octanol–water partition coefficient (Wildman–Crippen LogP) is 12.4. The zero-order valence-corrected chi connectivity index (χ0v) is 25.3. The smallest absolute Gasteiger partial charge is 0.153 e. The minimum Gasteiger partial charge on any atom is -0.456 e. The van der Waals surface area contributed by atoms with Gasteiger partial charge in [0.2, 0.25) is 0 Å². The summed E-state index contributed by atoms with van der Waals surface area (Å²) in [5.41, 5.74) is 8.93. The number of pyridine rings is 1. The van der Waals surface area contributed by atoms with Crippen LogP contribution in [0.25, 0.3) is 75.2 Å². The molecule has 5 heteroatoms.